The van der Waals surface area contributed by atoms with Gasteiger partial charge in [0.15, 0.2) is 0 Å². The molecule has 2 nitrogen and oxygen atoms in total. The van der Waals surface area contributed by atoms with Crippen LogP contribution >= 0.6 is 0 Å². The van der Waals surface area contributed by atoms with Gasteiger partial charge in [0.2, 0.25) is 0 Å². The van der Waals surface area contributed by atoms with Gasteiger partial charge >= 0.3 is 0 Å². The lowest BCUT2D eigenvalue weighted by molar-refractivity contribution is 0.792. The molecule has 2 heteroatoms. The zero-order chi connectivity index (χ0) is 9.38. The van der Waals surface area contributed by atoms with E-state index in [4.69, 9.17) is 0 Å². The van der Waals surface area contributed by atoms with E-state index in [0.717, 1.165) is 12.3 Å². The van der Waals surface area contributed by atoms with Gasteiger partial charge in [-0.2, -0.15) is 0 Å². The molecule has 2 aliphatic heterocycles. The minimum atomic E-state index is 0.590. The Kier molecular flexibility index (Phi) is 1.66. The van der Waals surface area contributed by atoms with Crippen molar-refractivity contribution in [1.82, 2.24) is 5.32 Å². The summed E-state index contributed by atoms with van der Waals surface area (Å²) in [7, 11) is 0. The zero-order valence-electron chi connectivity index (χ0n) is 7.90. The number of rotatable bonds is 0. The molecule has 0 aromatic carbocycles. The van der Waals surface area contributed by atoms with Crippen molar-refractivity contribution in [3.63, 3.8) is 0 Å². The Balaban J connectivity index is 2.15. The number of hydrogen-bond acceptors (Lipinski definition) is 2. The highest BCUT2D eigenvalue weighted by molar-refractivity contribution is 6.12. The molecule has 1 fully saturated rings. The van der Waals surface area contributed by atoms with Crippen molar-refractivity contribution in [2.75, 3.05) is 6.54 Å². The van der Waals surface area contributed by atoms with Gasteiger partial charge in [-0.1, -0.05) is 18.2 Å². The Hall–Kier alpha value is -1.57. The molecule has 1 saturated heterocycles. The minimum absolute atomic E-state index is 0.590. The lowest BCUT2D eigenvalue weighted by Gasteiger charge is -2.16. The quantitative estimate of drug-likeness (QED) is 0.611. The summed E-state index contributed by atoms with van der Waals surface area (Å²) in [5.41, 5.74) is 3.70. The lowest BCUT2D eigenvalue weighted by Crippen LogP contribution is -2.16. The van der Waals surface area contributed by atoms with Crippen molar-refractivity contribution in [2.24, 2.45) is 10.9 Å². The molecular weight excluding hydrogens is 172 g/mol. The van der Waals surface area contributed by atoms with E-state index in [1.165, 1.54) is 17.7 Å². The number of aliphatic imine (C=N–C) groups is 1. The Morgan fingerprint density at radius 1 is 1.29 bits per heavy atom. The van der Waals surface area contributed by atoms with Crippen molar-refractivity contribution in [3.8, 4) is 0 Å². The third-order valence-electron chi connectivity index (χ3n) is 2.87. The average molecular weight is 184 g/mol. The van der Waals surface area contributed by atoms with E-state index in [1.54, 1.807) is 0 Å². The largest absolute Gasteiger partial charge is 0.387 e. The summed E-state index contributed by atoms with van der Waals surface area (Å²) in [5, 5.41) is 3.45. The fraction of sp³-hybridized carbons (Fsp3) is 0.250. The van der Waals surface area contributed by atoms with Gasteiger partial charge in [0.25, 0.3) is 0 Å². The highest BCUT2D eigenvalue weighted by Gasteiger charge is 2.25. The van der Waals surface area contributed by atoms with Crippen LogP contribution in [0.1, 0.15) is 6.42 Å². The molecule has 3 aliphatic rings. The van der Waals surface area contributed by atoms with Crippen molar-refractivity contribution in [1.29, 1.82) is 0 Å². The van der Waals surface area contributed by atoms with Crippen molar-refractivity contribution in [2.45, 2.75) is 6.42 Å². The van der Waals surface area contributed by atoms with Gasteiger partial charge in [-0.3, -0.25) is 4.99 Å². The summed E-state index contributed by atoms with van der Waals surface area (Å²) in [4.78, 5) is 4.39. The second-order valence-corrected chi connectivity index (χ2v) is 3.72. The molecule has 2 heterocycles. The third-order valence-corrected chi connectivity index (χ3v) is 2.87. The molecule has 0 aromatic heterocycles. The van der Waals surface area contributed by atoms with Crippen LogP contribution in [0.15, 0.2) is 52.8 Å². The van der Waals surface area contributed by atoms with E-state index in [0.29, 0.717) is 5.92 Å². The first kappa shape index (κ1) is 7.80. The Morgan fingerprint density at radius 2 is 2.29 bits per heavy atom. The molecule has 0 aromatic rings. The van der Waals surface area contributed by atoms with Crippen molar-refractivity contribution >= 4 is 5.71 Å². The number of allylic oxidation sites excluding steroid dienone is 6. The van der Waals surface area contributed by atoms with Gasteiger partial charge in [-0.15, -0.1) is 0 Å². The third kappa shape index (κ3) is 1.07. The number of hydrogen-bond donors (Lipinski definition) is 1. The van der Waals surface area contributed by atoms with E-state index >= 15 is 0 Å². The van der Waals surface area contributed by atoms with E-state index in [2.05, 4.69) is 34.6 Å². The van der Waals surface area contributed by atoms with E-state index in [1.807, 2.05) is 12.3 Å². The second-order valence-electron chi connectivity index (χ2n) is 3.72. The monoisotopic (exact) mass is 184 g/mol. The molecule has 14 heavy (non-hydrogen) atoms. The van der Waals surface area contributed by atoms with Crippen molar-refractivity contribution < 1.29 is 0 Å². The van der Waals surface area contributed by atoms with Crippen LogP contribution in [0.5, 0.6) is 0 Å². The van der Waals surface area contributed by atoms with Gasteiger partial charge in [-0.05, 0) is 18.6 Å². The number of nitrogens with zero attached hydrogens (tertiary/aromatic N) is 1. The predicted octanol–water partition coefficient (Wildman–Crippen LogP) is 1.94. The molecule has 1 unspecified atom stereocenters. The van der Waals surface area contributed by atoms with Crippen LogP contribution in [0.25, 0.3) is 0 Å². The Bertz CT molecular complexity index is 408. The smallest absolute Gasteiger partial charge is 0.0716 e. The highest BCUT2D eigenvalue weighted by Crippen LogP contribution is 2.29. The minimum Gasteiger partial charge on any atom is -0.387 e. The SMILES string of the molecule is C1=CN=C2C=CC3CCNC3=C2C=C1. The summed E-state index contributed by atoms with van der Waals surface area (Å²) >= 11 is 0. The summed E-state index contributed by atoms with van der Waals surface area (Å²) in [6.45, 7) is 1.09. The van der Waals surface area contributed by atoms with Crippen LogP contribution in [-0.4, -0.2) is 12.3 Å². The van der Waals surface area contributed by atoms with Gasteiger partial charge in [0, 0.05) is 29.9 Å². The standard InChI is InChI=1S/C12H12N2/c1-2-7-13-11-5-4-9-6-8-14-12(9)10(11)3-1/h1-5,7,9,14H,6,8H2. The van der Waals surface area contributed by atoms with E-state index in [9.17, 15) is 0 Å². The zero-order valence-corrected chi connectivity index (χ0v) is 7.90. The number of nitrogens with one attached hydrogen (secondary N) is 1. The van der Waals surface area contributed by atoms with Crippen molar-refractivity contribution in [3.05, 3.63) is 47.9 Å². The average Bonchev–Trinajstić information content (AvgIpc) is 2.55. The summed E-state index contributed by atoms with van der Waals surface area (Å²) in [6.07, 6.45) is 13.6. The lowest BCUT2D eigenvalue weighted by atomic mass is 9.92. The summed E-state index contributed by atoms with van der Waals surface area (Å²) in [6, 6.07) is 0. The molecular formula is C12H12N2. The van der Waals surface area contributed by atoms with E-state index in [-0.39, 0.29) is 0 Å². The highest BCUT2D eigenvalue weighted by atomic mass is 14.9. The summed E-state index contributed by atoms with van der Waals surface area (Å²) < 4.78 is 0. The van der Waals surface area contributed by atoms with Crippen LogP contribution in [-0.2, 0) is 0 Å². The van der Waals surface area contributed by atoms with Gasteiger partial charge in [-0.25, -0.2) is 0 Å². The molecule has 1 atom stereocenters. The Labute approximate surface area is 83.4 Å². The molecule has 0 saturated carbocycles. The second kappa shape index (κ2) is 2.98. The van der Waals surface area contributed by atoms with Crippen LogP contribution in [0.3, 0.4) is 0 Å². The van der Waals surface area contributed by atoms with E-state index < -0.39 is 0 Å². The molecule has 0 bridgehead atoms. The van der Waals surface area contributed by atoms with Crippen LogP contribution in [0.4, 0.5) is 0 Å². The molecule has 0 spiro atoms. The molecule has 1 aliphatic carbocycles. The topological polar surface area (TPSA) is 24.4 Å². The van der Waals surface area contributed by atoms with Crippen LogP contribution < -0.4 is 5.32 Å². The predicted molar refractivity (Wildman–Crippen MR) is 58.0 cm³/mol. The van der Waals surface area contributed by atoms with Gasteiger partial charge < -0.3 is 5.32 Å². The van der Waals surface area contributed by atoms with Gasteiger partial charge in [0.1, 0.15) is 0 Å². The fourth-order valence-corrected chi connectivity index (χ4v) is 2.17. The van der Waals surface area contributed by atoms with Gasteiger partial charge in [0.05, 0.1) is 5.71 Å². The maximum Gasteiger partial charge on any atom is 0.0716 e. The molecule has 0 amide bonds. The van der Waals surface area contributed by atoms with Crippen LogP contribution in [0, 0.1) is 5.92 Å². The normalized spacial score (nSPS) is 28.0. The molecule has 70 valence electrons. The first-order valence-corrected chi connectivity index (χ1v) is 5.03. The Morgan fingerprint density at radius 3 is 3.29 bits per heavy atom. The maximum atomic E-state index is 4.39. The molecule has 3 rings (SSSR count). The first-order valence-electron chi connectivity index (χ1n) is 5.03. The molecule has 1 N–H and O–H groups in total. The first-order chi connectivity index (χ1) is 6.95. The maximum absolute atomic E-state index is 4.39. The summed E-state index contributed by atoms with van der Waals surface area (Å²) in [5.74, 6) is 0.590. The number of fused-ring (bicyclic) bond motifs is 2. The van der Waals surface area contributed by atoms with Crippen LogP contribution in [0.2, 0.25) is 0 Å². The fourth-order valence-electron chi connectivity index (χ4n) is 2.17. The molecule has 0 radical (unpaired) electrons.